The van der Waals surface area contributed by atoms with Gasteiger partial charge in [0.15, 0.2) is 6.79 Å². The van der Waals surface area contributed by atoms with Crippen molar-refractivity contribution < 1.29 is 22.6 Å². The second-order valence-electron chi connectivity index (χ2n) is 2.78. The van der Waals surface area contributed by atoms with Crippen molar-refractivity contribution in [1.82, 2.24) is 0 Å². The number of hydrogen-bond donors (Lipinski definition) is 0. The van der Waals surface area contributed by atoms with Crippen LogP contribution in [0.15, 0.2) is 24.3 Å². The normalized spacial score (nSPS) is 10.5. The van der Waals surface area contributed by atoms with Gasteiger partial charge in [0.25, 0.3) is 0 Å². The SMILES string of the molecule is CC.CCOCOc1ccc(C(F)(F)F)cc1. The predicted octanol–water partition coefficient (Wildman–Crippen LogP) is 4.10. The molecule has 1 rings (SSSR count). The summed E-state index contributed by atoms with van der Waals surface area (Å²) in [6.45, 7) is 6.35. The van der Waals surface area contributed by atoms with E-state index in [-0.39, 0.29) is 6.79 Å². The molecule has 1 aromatic rings. The third-order valence-corrected chi connectivity index (χ3v) is 1.69. The van der Waals surface area contributed by atoms with E-state index in [0.717, 1.165) is 12.1 Å². The highest BCUT2D eigenvalue weighted by molar-refractivity contribution is 5.28. The van der Waals surface area contributed by atoms with Gasteiger partial charge in [0, 0.05) is 6.61 Å². The fourth-order valence-electron chi connectivity index (χ4n) is 0.933. The van der Waals surface area contributed by atoms with Crippen LogP contribution in [0, 0.1) is 0 Å². The molecule has 0 aromatic heterocycles. The maximum absolute atomic E-state index is 12.2. The summed E-state index contributed by atoms with van der Waals surface area (Å²) in [5, 5.41) is 0. The second-order valence-corrected chi connectivity index (χ2v) is 2.78. The molecular weight excluding hydrogens is 233 g/mol. The van der Waals surface area contributed by atoms with Crippen molar-refractivity contribution >= 4 is 0 Å². The summed E-state index contributed by atoms with van der Waals surface area (Å²) in [4.78, 5) is 0. The zero-order valence-electron chi connectivity index (χ0n) is 10.2. The fraction of sp³-hybridized carbons (Fsp3) is 0.500. The van der Waals surface area contributed by atoms with Crippen LogP contribution in [0.4, 0.5) is 13.2 Å². The Labute approximate surface area is 99.4 Å². The molecule has 1 aromatic carbocycles. The average Bonchev–Trinajstić information content (AvgIpc) is 2.32. The maximum atomic E-state index is 12.2. The predicted molar refractivity (Wildman–Crippen MR) is 59.9 cm³/mol. The highest BCUT2D eigenvalue weighted by atomic mass is 19.4. The molecule has 0 aliphatic heterocycles. The molecule has 0 atom stereocenters. The first-order chi connectivity index (χ1) is 8.04. The van der Waals surface area contributed by atoms with Gasteiger partial charge in [-0.25, -0.2) is 0 Å². The summed E-state index contributed by atoms with van der Waals surface area (Å²) in [5.41, 5.74) is -0.689. The van der Waals surface area contributed by atoms with Gasteiger partial charge < -0.3 is 9.47 Å². The summed E-state index contributed by atoms with van der Waals surface area (Å²) in [7, 11) is 0. The van der Waals surface area contributed by atoms with Gasteiger partial charge >= 0.3 is 6.18 Å². The third kappa shape index (κ3) is 6.16. The minimum Gasteiger partial charge on any atom is -0.468 e. The first-order valence-electron chi connectivity index (χ1n) is 5.42. The van der Waals surface area contributed by atoms with Crippen molar-refractivity contribution in [2.24, 2.45) is 0 Å². The van der Waals surface area contributed by atoms with E-state index in [1.54, 1.807) is 6.92 Å². The van der Waals surface area contributed by atoms with Crippen molar-refractivity contribution in [2.45, 2.75) is 26.9 Å². The molecule has 0 heterocycles. The highest BCUT2D eigenvalue weighted by Gasteiger charge is 2.29. The second kappa shape index (κ2) is 7.95. The molecule has 0 aliphatic carbocycles. The maximum Gasteiger partial charge on any atom is 0.416 e. The van der Waals surface area contributed by atoms with Gasteiger partial charge in [-0.05, 0) is 31.2 Å². The summed E-state index contributed by atoms with van der Waals surface area (Å²) in [5.74, 6) is 0.358. The summed E-state index contributed by atoms with van der Waals surface area (Å²) < 4.78 is 46.4. The van der Waals surface area contributed by atoms with E-state index in [9.17, 15) is 13.2 Å². The Bertz CT molecular complexity index is 294. The summed E-state index contributed by atoms with van der Waals surface area (Å²) in [6.07, 6.45) is -4.31. The quantitative estimate of drug-likeness (QED) is 0.591. The molecule has 0 unspecified atom stereocenters. The minimum absolute atomic E-state index is 0.0435. The van der Waals surface area contributed by atoms with Crippen molar-refractivity contribution in [3.05, 3.63) is 29.8 Å². The van der Waals surface area contributed by atoms with Crippen LogP contribution < -0.4 is 4.74 Å². The lowest BCUT2D eigenvalue weighted by atomic mass is 10.2. The van der Waals surface area contributed by atoms with Crippen molar-refractivity contribution in [3.8, 4) is 5.75 Å². The Morgan fingerprint density at radius 3 is 2.00 bits per heavy atom. The average molecular weight is 250 g/mol. The van der Waals surface area contributed by atoms with Gasteiger partial charge in [-0.3, -0.25) is 0 Å². The number of alkyl halides is 3. The van der Waals surface area contributed by atoms with Crippen LogP contribution in [0.25, 0.3) is 0 Å². The molecular formula is C12H17F3O2. The lowest BCUT2D eigenvalue weighted by Gasteiger charge is -2.08. The topological polar surface area (TPSA) is 18.5 Å². The largest absolute Gasteiger partial charge is 0.468 e. The third-order valence-electron chi connectivity index (χ3n) is 1.69. The number of benzene rings is 1. The lowest BCUT2D eigenvalue weighted by Crippen LogP contribution is -2.05. The Morgan fingerprint density at radius 1 is 1.06 bits per heavy atom. The molecule has 5 heteroatoms. The van der Waals surface area contributed by atoms with Crippen LogP contribution in [-0.4, -0.2) is 13.4 Å². The number of hydrogen-bond acceptors (Lipinski definition) is 2. The molecule has 2 nitrogen and oxygen atoms in total. The van der Waals surface area contributed by atoms with Crippen molar-refractivity contribution in [2.75, 3.05) is 13.4 Å². The van der Waals surface area contributed by atoms with E-state index in [2.05, 4.69) is 0 Å². The molecule has 0 spiro atoms. The van der Waals surface area contributed by atoms with Gasteiger partial charge in [0.05, 0.1) is 5.56 Å². The van der Waals surface area contributed by atoms with Gasteiger partial charge in [-0.1, -0.05) is 13.8 Å². The molecule has 0 amide bonds. The smallest absolute Gasteiger partial charge is 0.416 e. The van der Waals surface area contributed by atoms with Crippen LogP contribution in [0.2, 0.25) is 0 Å². The minimum atomic E-state index is -4.31. The van der Waals surface area contributed by atoms with E-state index >= 15 is 0 Å². The Kier molecular flexibility index (Phi) is 7.37. The number of ether oxygens (including phenoxy) is 2. The number of rotatable bonds is 4. The molecule has 0 fully saturated rings. The monoisotopic (exact) mass is 250 g/mol. The summed E-state index contributed by atoms with van der Waals surface area (Å²) in [6, 6.07) is 4.48. The molecule has 0 radical (unpaired) electrons. The molecule has 0 aliphatic rings. The van der Waals surface area contributed by atoms with Gasteiger partial charge in [-0.15, -0.1) is 0 Å². The van der Waals surface area contributed by atoms with Crippen molar-refractivity contribution in [3.63, 3.8) is 0 Å². The van der Waals surface area contributed by atoms with Gasteiger partial charge in [-0.2, -0.15) is 13.2 Å². The zero-order valence-corrected chi connectivity index (χ0v) is 10.2. The molecule has 0 bridgehead atoms. The van der Waals surface area contributed by atoms with E-state index in [1.807, 2.05) is 13.8 Å². The van der Waals surface area contributed by atoms with E-state index in [0.29, 0.717) is 12.4 Å². The zero-order chi connectivity index (χ0) is 13.3. The fourth-order valence-corrected chi connectivity index (χ4v) is 0.933. The molecule has 17 heavy (non-hydrogen) atoms. The van der Waals surface area contributed by atoms with Gasteiger partial charge in [0.1, 0.15) is 5.75 Å². The summed E-state index contributed by atoms with van der Waals surface area (Å²) >= 11 is 0. The molecule has 98 valence electrons. The Balaban J connectivity index is 0.00000121. The van der Waals surface area contributed by atoms with E-state index in [4.69, 9.17) is 9.47 Å². The lowest BCUT2D eigenvalue weighted by molar-refractivity contribution is -0.137. The van der Waals surface area contributed by atoms with Crippen LogP contribution in [0.3, 0.4) is 0 Å². The molecule has 0 N–H and O–H groups in total. The van der Waals surface area contributed by atoms with Crippen LogP contribution in [-0.2, 0) is 10.9 Å². The van der Waals surface area contributed by atoms with E-state index in [1.165, 1.54) is 12.1 Å². The van der Waals surface area contributed by atoms with Gasteiger partial charge in [0.2, 0.25) is 0 Å². The first-order valence-corrected chi connectivity index (χ1v) is 5.42. The first kappa shape index (κ1) is 15.8. The Hall–Kier alpha value is -1.23. The Morgan fingerprint density at radius 2 is 1.59 bits per heavy atom. The number of halogens is 3. The van der Waals surface area contributed by atoms with Crippen molar-refractivity contribution in [1.29, 1.82) is 0 Å². The van der Waals surface area contributed by atoms with Crippen LogP contribution in [0.5, 0.6) is 5.75 Å². The molecule has 0 saturated carbocycles. The standard InChI is InChI=1S/C10H11F3O2.C2H6/c1-2-14-7-15-9-5-3-8(4-6-9)10(11,12)13;1-2/h3-6H,2,7H2,1H3;1-2H3. The molecule has 0 saturated heterocycles. The highest BCUT2D eigenvalue weighted by Crippen LogP contribution is 2.30. The van der Waals surface area contributed by atoms with Crippen LogP contribution in [0.1, 0.15) is 26.3 Å². The van der Waals surface area contributed by atoms with Crippen LogP contribution >= 0.6 is 0 Å². The van der Waals surface area contributed by atoms with E-state index < -0.39 is 11.7 Å².